The first-order valence-electron chi connectivity index (χ1n) is 6.31. The Hall–Kier alpha value is -1.81. The van der Waals surface area contributed by atoms with Gasteiger partial charge in [0.2, 0.25) is 0 Å². The minimum atomic E-state index is -4.76. The maximum atomic E-state index is 14.4. The summed E-state index contributed by atoms with van der Waals surface area (Å²) in [6, 6.07) is 0.359. The molecule has 4 nitrogen and oxygen atoms in total. The van der Waals surface area contributed by atoms with E-state index < -0.39 is 39.4 Å². The second-order valence-corrected chi connectivity index (χ2v) is 5.65. The minimum absolute atomic E-state index is 0.0361. The van der Waals surface area contributed by atoms with Crippen LogP contribution in [0.4, 0.5) is 22.0 Å². The predicted octanol–water partition coefficient (Wildman–Crippen LogP) is 4.53. The predicted molar refractivity (Wildman–Crippen MR) is 75.3 cm³/mol. The molecule has 0 aliphatic carbocycles. The van der Waals surface area contributed by atoms with Crippen molar-refractivity contribution in [2.75, 3.05) is 6.61 Å². The van der Waals surface area contributed by atoms with Gasteiger partial charge in [-0.05, 0) is 13.0 Å². The highest BCUT2D eigenvalue weighted by molar-refractivity contribution is 7.10. The molecule has 0 fully saturated rings. The average Bonchev–Trinajstić information content (AvgIpc) is 2.96. The van der Waals surface area contributed by atoms with E-state index in [9.17, 15) is 26.7 Å². The largest absolute Gasteiger partial charge is 0.461 e. The lowest BCUT2D eigenvalue weighted by Crippen LogP contribution is -2.19. The molecule has 0 saturated carbocycles. The lowest BCUT2D eigenvalue weighted by atomic mass is 10.2. The zero-order chi connectivity index (χ0) is 18.1. The number of pyridine rings is 1. The maximum Gasteiger partial charge on any atom is 0.417 e. The highest BCUT2D eigenvalue weighted by Crippen LogP contribution is 2.41. The van der Waals surface area contributed by atoms with Crippen molar-refractivity contribution in [3.63, 3.8) is 0 Å². The Morgan fingerprint density at radius 3 is 2.54 bits per heavy atom. The van der Waals surface area contributed by atoms with Gasteiger partial charge in [0.05, 0.1) is 17.2 Å². The monoisotopic (exact) mass is 386 g/mol. The highest BCUT2D eigenvalue weighted by atomic mass is 35.5. The van der Waals surface area contributed by atoms with Crippen molar-refractivity contribution in [1.29, 1.82) is 0 Å². The molecule has 11 heteroatoms. The van der Waals surface area contributed by atoms with Crippen LogP contribution in [-0.2, 0) is 16.8 Å². The lowest BCUT2D eigenvalue weighted by molar-refractivity contribution is -0.137. The van der Waals surface area contributed by atoms with E-state index in [0.29, 0.717) is 17.4 Å². The van der Waals surface area contributed by atoms with Gasteiger partial charge in [0.1, 0.15) is 5.69 Å². The summed E-state index contributed by atoms with van der Waals surface area (Å²) in [6.45, 7) is 1.57. The van der Waals surface area contributed by atoms with Gasteiger partial charge in [-0.25, -0.2) is 9.78 Å². The topological polar surface area (TPSA) is 52.1 Å². The molecule has 0 bridgehead atoms. The summed E-state index contributed by atoms with van der Waals surface area (Å²) in [7, 11) is 0. The molecule has 0 aliphatic heterocycles. The van der Waals surface area contributed by atoms with Gasteiger partial charge >= 0.3 is 18.1 Å². The van der Waals surface area contributed by atoms with E-state index >= 15 is 0 Å². The fourth-order valence-corrected chi connectivity index (χ4v) is 2.69. The van der Waals surface area contributed by atoms with Crippen LogP contribution in [0.2, 0.25) is 5.02 Å². The van der Waals surface area contributed by atoms with E-state index in [1.54, 1.807) is 0 Å². The molecule has 0 amide bonds. The number of hydrogen-bond donors (Lipinski definition) is 0. The number of halogens is 6. The van der Waals surface area contributed by atoms with Gasteiger partial charge in [0, 0.05) is 11.6 Å². The van der Waals surface area contributed by atoms with Crippen LogP contribution in [0.15, 0.2) is 17.6 Å². The van der Waals surface area contributed by atoms with E-state index in [2.05, 4.69) is 14.7 Å². The molecule has 24 heavy (non-hydrogen) atoms. The minimum Gasteiger partial charge on any atom is -0.461 e. The van der Waals surface area contributed by atoms with Crippen molar-refractivity contribution in [1.82, 2.24) is 9.97 Å². The molecule has 0 atom stereocenters. The Labute approximate surface area is 141 Å². The number of thiazole rings is 1. The molecule has 0 N–H and O–H groups in total. The molecular weight excluding hydrogens is 379 g/mol. The number of rotatable bonds is 4. The van der Waals surface area contributed by atoms with Crippen molar-refractivity contribution in [2.45, 2.75) is 19.0 Å². The zero-order valence-electron chi connectivity index (χ0n) is 11.8. The van der Waals surface area contributed by atoms with Gasteiger partial charge in [-0.3, -0.25) is 4.98 Å². The van der Waals surface area contributed by atoms with Crippen molar-refractivity contribution >= 4 is 28.9 Å². The summed E-state index contributed by atoms with van der Waals surface area (Å²) in [6.07, 6.45) is -4.50. The summed E-state index contributed by atoms with van der Waals surface area (Å²) in [5, 5.41) is -0.637. The van der Waals surface area contributed by atoms with Crippen LogP contribution < -0.4 is 0 Å². The van der Waals surface area contributed by atoms with Crippen LogP contribution in [0.1, 0.15) is 33.7 Å². The molecule has 0 spiro atoms. The summed E-state index contributed by atoms with van der Waals surface area (Å²) in [4.78, 5) is 18.0. The van der Waals surface area contributed by atoms with Crippen LogP contribution in [-0.4, -0.2) is 22.5 Å². The molecule has 0 unspecified atom stereocenters. The third kappa shape index (κ3) is 3.64. The zero-order valence-corrected chi connectivity index (χ0v) is 13.4. The fraction of sp³-hybridized carbons (Fsp3) is 0.308. The van der Waals surface area contributed by atoms with Gasteiger partial charge in [0.25, 0.3) is 0 Å². The van der Waals surface area contributed by atoms with Gasteiger partial charge in [0.15, 0.2) is 10.7 Å². The third-order valence-corrected chi connectivity index (χ3v) is 3.92. The van der Waals surface area contributed by atoms with Crippen LogP contribution in [0.5, 0.6) is 0 Å². The fourth-order valence-electron chi connectivity index (χ4n) is 1.64. The molecule has 2 rings (SSSR count). The van der Waals surface area contributed by atoms with Crippen LogP contribution in [0.3, 0.4) is 0 Å². The Balaban J connectivity index is 2.39. The standard InChI is InChI=1S/C13H8ClF5N2O2S/c1-2-23-10(22)8-5-24-11(21-8)12(15,16)9-7(14)3-6(4-20-9)13(17,18)19/h3-5H,2H2,1H3. The average molecular weight is 387 g/mol. The lowest BCUT2D eigenvalue weighted by Gasteiger charge is -2.15. The molecule has 2 aromatic heterocycles. The van der Waals surface area contributed by atoms with Gasteiger partial charge in [-0.15, -0.1) is 11.3 Å². The molecule has 0 radical (unpaired) electrons. The van der Waals surface area contributed by atoms with E-state index in [4.69, 9.17) is 11.6 Å². The first kappa shape index (κ1) is 18.5. The van der Waals surface area contributed by atoms with Gasteiger partial charge < -0.3 is 4.74 Å². The van der Waals surface area contributed by atoms with Crippen LogP contribution in [0, 0.1) is 0 Å². The number of alkyl halides is 5. The summed E-state index contributed by atoms with van der Waals surface area (Å²) in [5.74, 6) is -4.75. The van der Waals surface area contributed by atoms with E-state index in [1.807, 2.05) is 0 Å². The normalized spacial score (nSPS) is 12.3. The van der Waals surface area contributed by atoms with Crippen LogP contribution >= 0.6 is 22.9 Å². The van der Waals surface area contributed by atoms with E-state index in [-0.39, 0.29) is 18.5 Å². The molecule has 2 aromatic rings. The first-order valence-corrected chi connectivity index (χ1v) is 7.57. The number of hydrogen-bond acceptors (Lipinski definition) is 5. The summed E-state index contributed by atoms with van der Waals surface area (Å²) >= 11 is 5.97. The molecular formula is C13H8ClF5N2O2S. The third-order valence-electron chi connectivity index (χ3n) is 2.72. The second kappa shape index (κ2) is 6.60. The highest BCUT2D eigenvalue weighted by Gasteiger charge is 2.43. The quantitative estimate of drug-likeness (QED) is 0.572. The second-order valence-electron chi connectivity index (χ2n) is 4.38. The molecule has 0 aliphatic rings. The summed E-state index contributed by atoms with van der Waals surface area (Å²) in [5.41, 5.74) is -2.67. The van der Waals surface area contributed by atoms with Crippen molar-refractivity contribution in [2.24, 2.45) is 0 Å². The number of aromatic nitrogens is 2. The Kier molecular flexibility index (Phi) is 5.09. The summed E-state index contributed by atoms with van der Waals surface area (Å²) < 4.78 is 71.1. The number of esters is 1. The number of carbonyl (C=O) groups excluding carboxylic acids is 1. The van der Waals surface area contributed by atoms with Crippen molar-refractivity contribution in [3.8, 4) is 0 Å². The van der Waals surface area contributed by atoms with Crippen LogP contribution in [0.25, 0.3) is 0 Å². The number of carbonyl (C=O) groups is 1. The van der Waals surface area contributed by atoms with E-state index in [0.717, 1.165) is 5.38 Å². The molecule has 2 heterocycles. The Morgan fingerprint density at radius 2 is 2.00 bits per heavy atom. The smallest absolute Gasteiger partial charge is 0.417 e. The Morgan fingerprint density at radius 1 is 1.33 bits per heavy atom. The number of ether oxygens (including phenoxy) is 1. The SMILES string of the molecule is CCOC(=O)c1csc(C(F)(F)c2ncc(C(F)(F)F)cc2Cl)n1. The molecule has 0 aromatic carbocycles. The van der Waals surface area contributed by atoms with Crippen molar-refractivity contribution < 1.29 is 31.5 Å². The number of nitrogens with zero attached hydrogens (tertiary/aromatic N) is 2. The molecule has 0 saturated heterocycles. The van der Waals surface area contributed by atoms with Gasteiger partial charge in [-0.1, -0.05) is 11.6 Å². The maximum absolute atomic E-state index is 14.4. The van der Waals surface area contributed by atoms with Gasteiger partial charge in [-0.2, -0.15) is 22.0 Å². The Bertz CT molecular complexity index is 763. The first-order chi connectivity index (χ1) is 11.1. The van der Waals surface area contributed by atoms with Crippen molar-refractivity contribution in [3.05, 3.63) is 44.6 Å². The van der Waals surface area contributed by atoms with E-state index in [1.165, 1.54) is 6.92 Å². The molecule has 130 valence electrons.